The zero-order valence-corrected chi connectivity index (χ0v) is 21.3. The molecule has 0 fully saturated rings. The maximum absolute atomic E-state index is 12.7. The summed E-state index contributed by atoms with van der Waals surface area (Å²) >= 11 is 9.72. The Balaban J connectivity index is 1.84. The minimum Gasteiger partial charge on any atom is -0.487 e. The van der Waals surface area contributed by atoms with E-state index in [1.807, 2.05) is 62.4 Å². The van der Waals surface area contributed by atoms with Crippen molar-refractivity contribution < 1.29 is 9.53 Å². The fourth-order valence-corrected chi connectivity index (χ4v) is 4.06. The van der Waals surface area contributed by atoms with E-state index in [1.54, 1.807) is 24.3 Å². The van der Waals surface area contributed by atoms with E-state index < -0.39 is 5.91 Å². The summed E-state index contributed by atoms with van der Waals surface area (Å²) in [5, 5.41) is 12.9. The van der Waals surface area contributed by atoms with E-state index in [-0.39, 0.29) is 5.57 Å². The van der Waals surface area contributed by atoms with Gasteiger partial charge in [0.2, 0.25) is 0 Å². The molecule has 4 nitrogen and oxygen atoms in total. The molecule has 34 heavy (non-hydrogen) atoms. The van der Waals surface area contributed by atoms with Crippen molar-refractivity contribution in [1.82, 2.24) is 0 Å². The van der Waals surface area contributed by atoms with Gasteiger partial charge < -0.3 is 10.1 Å². The maximum atomic E-state index is 12.7. The van der Waals surface area contributed by atoms with Crippen LogP contribution in [0.1, 0.15) is 27.8 Å². The molecule has 3 aromatic carbocycles. The van der Waals surface area contributed by atoms with Crippen LogP contribution in [0.25, 0.3) is 6.08 Å². The number of hydrogen-bond donors (Lipinski definition) is 1. The fourth-order valence-electron chi connectivity index (χ4n) is 3.25. The van der Waals surface area contributed by atoms with Gasteiger partial charge in [-0.1, -0.05) is 53.6 Å². The van der Waals surface area contributed by atoms with Crippen molar-refractivity contribution in [3.63, 3.8) is 0 Å². The molecule has 0 aliphatic heterocycles. The van der Waals surface area contributed by atoms with E-state index in [0.717, 1.165) is 21.2 Å². The highest BCUT2D eigenvalue weighted by atomic mass is 79.9. The number of carbonyl (C=O) groups is 1. The molecule has 0 unspecified atom stereocenters. The molecular weight excluding hydrogens is 512 g/mol. The van der Waals surface area contributed by atoms with E-state index in [0.29, 0.717) is 35.1 Å². The Kier molecular flexibility index (Phi) is 8.70. The lowest BCUT2D eigenvalue weighted by molar-refractivity contribution is -0.112. The van der Waals surface area contributed by atoms with Crippen molar-refractivity contribution in [2.45, 2.75) is 26.9 Å². The monoisotopic (exact) mass is 534 g/mol. The highest BCUT2D eigenvalue weighted by molar-refractivity contribution is 9.10. The van der Waals surface area contributed by atoms with Gasteiger partial charge in [0.1, 0.15) is 24.0 Å². The number of nitrogens with zero attached hydrogens (tertiary/aromatic N) is 1. The van der Waals surface area contributed by atoms with Crippen molar-refractivity contribution in [3.05, 3.63) is 110 Å². The van der Waals surface area contributed by atoms with Crippen LogP contribution in [0.5, 0.6) is 5.75 Å². The molecule has 0 heterocycles. The summed E-state index contributed by atoms with van der Waals surface area (Å²) in [5.74, 6) is 0.193. The van der Waals surface area contributed by atoms with Crippen molar-refractivity contribution in [2.24, 2.45) is 0 Å². The number of ether oxygens (including phenoxy) is 1. The smallest absolute Gasteiger partial charge is 0.266 e. The Hall–Kier alpha value is -3.33. The zero-order valence-electron chi connectivity index (χ0n) is 19.0. The first-order valence-corrected chi connectivity index (χ1v) is 11.8. The Morgan fingerprint density at radius 2 is 1.91 bits per heavy atom. The first-order valence-electron chi connectivity index (χ1n) is 10.6. The molecule has 0 saturated carbocycles. The average Bonchev–Trinajstić information content (AvgIpc) is 2.80. The number of benzene rings is 3. The van der Waals surface area contributed by atoms with Gasteiger partial charge >= 0.3 is 0 Å². The lowest BCUT2D eigenvalue weighted by Gasteiger charge is -2.14. The van der Waals surface area contributed by atoms with Gasteiger partial charge in [-0.25, -0.2) is 0 Å². The summed E-state index contributed by atoms with van der Waals surface area (Å²) in [5.41, 5.74) is 5.24. The first kappa shape index (κ1) is 25.3. The second-order valence-electron chi connectivity index (χ2n) is 7.85. The third-order valence-corrected chi connectivity index (χ3v) is 6.11. The minimum atomic E-state index is -0.511. The molecule has 0 aromatic heterocycles. The number of allylic oxidation sites excluding steroid dienone is 1. The number of halogens is 2. The van der Waals surface area contributed by atoms with Crippen LogP contribution >= 0.6 is 27.5 Å². The van der Waals surface area contributed by atoms with Crippen LogP contribution in [0.4, 0.5) is 5.69 Å². The van der Waals surface area contributed by atoms with Crippen molar-refractivity contribution in [3.8, 4) is 11.8 Å². The number of aryl methyl sites for hydroxylation is 2. The molecule has 3 rings (SSSR count). The topological polar surface area (TPSA) is 62.1 Å². The van der Waals surface area contributed by atoms with Gasteiger partial charge in [-0.15, -0.1) is 6.58 Å². The third-order valence-electron chi connectivity index (χ3n) is 5.12. The number of carbonyl (C=O) groups excluding carboxylic acids is 1. The molecule has 0 bridgehead atoms. The van der Waals surface area contributed by atoms with Gasteiger partial charge in [0.15, 0.2) is 0 Å². The van der Waals surface area contributed by atoms with Gasteiger partial charge in [0, 0.05) is 10.7 Å². The van der Waals surface area contributed by atoms with Gasteiger partial charge in [-0.3, -0.25) is 4.79 Å². The normalized spacial score (nSPS) is 11.0. The SMILES string of the molecule is C=CCc1cc(/C=C(/C#N)C(=O)Nc2ccc(C)c(Cl)c2)cc(Br)c1OCc1ccc(C)cc1. The van der Waals surface area contributed by atoms with Gasteiger partial charge in [-0.2, -0.15) is 5.26 Å². The predicted octanol–water partition coefficient (Wildman–Crippen LogP) is 7.57. The van der Waals surface area contributed by atoms with Gasteiger partial charge in [-0.05, 0) is 88.8 Å². The summed E-state index contributed by atoms with van der Waals surface area (Å²) in [6, 6.07) is 19.1. The third kappa shape index (κ3) is 6.60. The highest BCUT2D eigenvalue weighted by Gasteiger charge is 2.14. The molecule has 0 atom stereocenters. The molecule has 6 heteroatoms. The minimum absolute atomic E-state index is 0.0264. The molecule has 1 amide bonds. The fraction of sp³-hybridized carbons (Fsp3) is 0.143. The van der Waals surface area contributed by atoms with E-state index in [1.165, 1.54) is 5.56 Å². The number of anilines is 1. The summed E-state index contributed by atoms with van der Waals surface area (Å²) in [4.78, 5) is 12.7. The molecule has 3 aromatic rings. The van der Waals surface area contributed by atoms with Crippen LogP contribution in [0.2, 0.25) is 5.02 Å². The first-order chi connectivity index (χ1) is 16.3. The van der Waals surface area contributed by atoms with Gasteiger partial charge in [0.25, 0.3) is 5.91 Å². The molecule has 0 spiro atoms. The van der Waals surface area contributed by atoms with E-state index in [4.69, 9.17) is 16.3 Å². The quantitative estimate of drug-likeness (QED) is 0.184. The Morgan fingerprint density at radius 3 is 2.56 bits per heavy atom. The highest BCUT2D eigenvalue weighted by Crippen LogP contribution is 2.33. The van der Waals surface area contributed by atoms with Crippen LogP contribution in [-0.2, 0) is 17.8 Å². The predicted molar refractivity (Wildman–Crippen MR) is 142 cm³/mol. The number of hydrogen-bond acceptors (Lipinski definition) is 3. The second-order valence-corrected chi connectivity index (χ2v) is 9.11. The Bertz CT molecular complexity index is 1290. The lowest BCUT2D eigenvalue weighted by Crippen LogP contribution is -2.13. The van der Waals surface area contributed by atoms with Crippen LogP contribution in [-0.4, -0.2) is 5.91 Å². The molecule has 1 N–H and O–H groups in total. The molecule has 0 aliphatic rings. The number of nitriles is 1. The van der Waals surface area contributed by atoms with E-state index in [2.05, 4.69) is 27.8 Å². The Labute approximate surface area is 213 Å². The van der Waals surface area contributed by atoms with Gasteiger partial charge in [0.05, 0.1) is 4.47 Å². The van der Waals surface area contributed by atoms with Crippen molar-refractivity contribution in [1.29, 1.82) is 5.26 Å². The number of amides is 1. The van der Waals surface area contributed by atoms with Crippen LogP contribution < -0.4 is 10.1 Å². The maximum Gasteiger partial charge on any atom is 0.266 e. The van der Waals surface area contributed by atoms with Crippen molar-refractivity contribution in [2.75, 3.05) is 5.32 Å². The van der Waals surface area contributed by atoms with Crippen LogP contribution in [0, 0.1) is 25.2 Å². The largest absolute Gasteiger partial charge is 0.487 e. The summed E-state index contributed by atoms with van der Waals surface area (Å²) in [6.45, 7) is 8.18. The number of nitrogens with one attached hydrogen (secondary N) is 1. The van der Waals surface area contributed by atoms with E-state index in [9.17, 15) is 10.1 Å². The molecular formula is C28H24BrClN2O2. The van der Waals surface area contributed by atoms with E-state index >= 15 is 0 Å². The molecule has 172 valence electrons. The molecule has 0 aliphatic carbocycles. The van der Waals surface area contributed by atoms with Crippen LogP contribution in [0.15, 0.2) is 77.3 Å². The molecule has 0 radical (unpaired) electrons. The lowest BCUT2D eigenvalue weighted by atomic mass is 10.0. The van der Waals surface area contributed by atoms with Crippen molar-refractivity contribution >= 4 is 45.2 Å². The standard InChI is InChI=1S/C28H24BrClN2O2/c1-4-5-22-12-21(14-25(29)27(22)34-17-20-9-6-18(2)7-10-20)13-23(16-31)28(33)32-24-11-8-19(3)26(30)15-24/h4,6-15H,1,5,17H2,2-3H3,(H,32,33)/b23-13-. The summed E-state index contributed by atoms with van der Waals surface area (Å²) in [7, 11) is 0. The summed E-state index contributed by atoms with van der Waals surface area (Å²) < 4.78 is 6.84. The Morgan fingerprint density at radius 1 is 1.18 bits per heavy atom. The second kappa shape index (κ2) is 11.7. The number of rotatable bonds is 8. The zero-order chi connectivity index (χ0) is 24.7. The summed E-state index contributed by atoms with van der Waals surface area (Å²) in [6.07, 6.45) is 3.90. The average molecular weight is 536 g/mol. The molecule has 0 saturated heterocycles. The van der Waals surface area contributed by atoms with Crippen LogP contribution in [0.3, 0.4) is 0 Å².